The van der Waals surface area contributed by atoms with Crippen molar-refractivity contribution in [3.05, 3.63) is 36.4 Å². The van der Waals surface area contributed by atoms with E-state index in [1.807, 2.05) is 0 Å². The van der Waals surface area contributed by atoms with Gasteiger partial charge in [-0.25, -0.2) is 17.8 Å². The van der Waals surface area contributed by atoms with E-state index in [1.165, 1.54) is 38.7 Å². The predicted molar refractivity (Wildman–Crippen MR) is 105 cm³/mol. The molecule has 0 amide bonds. The lowest BCUT2D eigenvalue weighted by Gasteiger charge is -2.21. The number of nitrogens with zero attached hydrogens (tertiary/aromatic N) is 2. The van der Waals surface area contributed by atoms with E-state index in [0.717, 1.165) is 0 Å². The van der Waals surface area contributed by atoms with E-state index in [1.54, 1.807) is 31.4 Å². The number of fused-ring (bicyclic) bond motifs is 1. The Hall–Kier alpha value is -2.81. The first kappa shape index (κ1) is 19.9. The van der Waals surface area contributed by atoms with Crippen LogP contribution < -0.4 is 15.2 Å². The number of imidazole rings is 1. The molecule has 0 radical (unpaired) electrons. The van der Waals surface area contributed by atoms with E-state index in [2.05, 4.69) is 4.98 Å². The minimum absolute atomic E-state index is 0.0405. The minimum Gasteiger partial charge on any atom is -0.495 e. The van der Waals surface area contributed by atoms with Gasteiger partial charge in [0.15, 0.2) is 21.4 Å². The largest absolute Gasteiger partial charge is 0.495 e. The lowest BCUT2D eigenvalue weighted by Crippen LogP contribution is -2.28. The topological polar surface area (TPSA) is 96.4 Å². The third-order valence-electron chi connectivity index (χ3n) is 4.47. The van der Waals surface area contributed by atoms with Gasteiger partial charge < -0.3 is 15.2 Å². The Bertz CT molecular complexity index is 1140. The minimum atomic E-state index is -3.70. The molecule has 0 fully saturated rings. The van der Waals surface area contributed by atoms with E-state index < -0.39 is 20.4 Å². The Kier molecular flexibility index (Phi) is 4.74. The Morgan fingerprint density at radius 1 is 1.11 bits per heavy atom. The molecule has 0 spiro atoms. The fraction of sp³-hybridized carbons (Fsp3) is 0.316. The molecule has 0 unspecified atom stereocenters. The Morgan fingerprint density at radius 2 is 1.79 bits per heavy atom. The molecule has 0 aliphatic heterocycles. The lowest BCUT2D eigenvalue weighted by atomic mass is 10.2. The number of ether oxygens (including phenoxy) is 2. The summed E-state index contributed by atoms with van der Waals surface area (Å²) in [6.45, 7) is 4.84. The van der Waals surface area contributed by atoms with E-state index in [0.29, 0.717) is 16.7 Å². The number of nitrogen functional groups attached to an aromatic ring is 1. The van der Waals surface area contributed by atoms with E-state index in [9.17, 15) is 12.8 Å². The summed E-state index contributed by atoms with van der Waals surface area (Å²) >= 11 is 0. The van der Waals surface area contributed by atoms with E-state index >= 15 is 0 Å². The molecule has 0 aliphatic carbocycles. The van der Waals surface area contributed by atoms with Gasteiger partial charge in [0.25, 0.3) is 0 Å². The van der Waals surface area contributed by atoms with Gasteiger partial charge in [-0.05, 0) is 32.9 Å². The first-order valence-electron chi connectivity index (χ1n) is 8.44. The van der Waals surface area contributed by atoms with Crippen molar-refractivity contribution in [1.82, 2.24) is 9.55 Å². The van der Waals surface area contributed by atoms with Crippen LogP contribution in [0.25, 0.3) is 16.7 Å². The molecule has 9 heteroatoms. The van der Waals surface area contributed by atoms with Crippen LogP contribution >= 0.6 is 0 Å². The molecule has 3 aromatic rings. The third-order valence-corrected chi connectivity index (χ3v) is 6.98. The molecule has 2 aromatic carbocycles. The monoisotopic (exact) mass is 407 g/mol. The van der Waals surface area contributed by atoms with Crippen LogP contribution in [0.1, 0.15) is 20.8 Å². The fourth-order valence-electron chi connectivity index (χ4n) is 2.88. The summed E-state index contributed by atoms with van der Waals surface area (Å²) in [6, 6.07) is 5.82. The predicted octanol–water partition coefficient (Wildman–Crippen LogP) is 3.34. The molecule has 0 saturated heterocycles. The van der Waals surface area contributed by atoms with Crippen LogP contribution in [0.5, 0.6) is 11.5 Å². The molecule has 2 N–H and O–H groups in total. The van der Waals surface area contributed by atoms with Gasteiger partial charge in [-0.3, -0.25) is 4.57 Å². The van der Waals surface area contributed by atoms with Gasteiger partial charge in [0.05, 0.1) is 41.4 Å². The summed E-state index contributed by atoms with van der Waals surface area (Å²) in [5.74, 6) is -0.477. The van der Waals surface area contributed by atoms with Crippen molar-refractivity contribution in [2.45, 2.75) is 30.4 Å². The van der Waals surface area contributed by atoms with Gasteiger partial charge in [0, 0.05) is 12.1 Å². The van der Waals surface area contributed by atoms with Crippen LogP contribution in [0.4, 0.5) is 10.1 Å². The lowest BCUT2D eigenvalue weighted by molar-refractivity contribution is 0.389. The van der Waals surface area contributed by atoms with Gasteiger partial charge in [-0.1, -0.05) is 0 Å². The zero-order valence-electron chi connectivity index (χ0n) is 16.3. The highest BCUT2D eigenvalue weighted by atomic mass is 32.2. The zero-order chi connectivity index (χ0) is 20.9. The van der Waals surface area contributed by atoms with Crippen LogP contribution in [0.2, 0.25) is 0 Å². The highest BCUT2D eigenvalue weighted by Crippen LogP contribution is 2.36. The van der Waals surface area contributed by atoms with Gasteiger partial charge in [-0.15, -0.1) is 0 Å². The number of benzene rings is 2. The molecule has 0 bridgehead atoms. The average molecular weight is 407 g/mol. The molecule has 150 valence electrons. The van der Waals surface area contributed by atoms with Crippen LogP contribution in [-0.4, -0.2) is 36.9 Å². The number of nitrogens with two attached hydrogens (primary N) is 1. The molecule has 3 rings (SSSR count). The van der Waals surface area contributed by atoms with Gasteiger partial charge in [-0.2, -0.15) is 0 Å². The number of halogens is 1. The third kappa shape index (κ3) is 3.05. The summed E-state index contributed by atoms with van der Waals surface area (Å²) in [5, 5.41) is 0. The number of methoxy groups -OCH3 is 2. The van der Waals surface area contributed by atoms with Crippen molar-refractivity contribution in [2.75, 3.05) is 20.0 Å². The number of sulfone groups is 1. The van der Waals surface area contributed by atoms with E-state index in [4.69, 9.17) is 15.2 Å². The maximum Gasteiger partial charge on any atom is 0.186 e. The molecule has 0 saturated carbocycles. The molecular formula is C19H22FN3O4S. The molecule has 1 aromatic heterocycles. The van der Waals surface area contributed by atoms with Crippen molar-refractivity contribution >= 4 is 26.6 Å². The number of rotatable bonds is 4. The van der Waals surface area contributed by atoms with Crippen molar-refractivity contribution in [3.8, 4) is 17.2 Å². The maximum atomic E-state index is 14.3. The average Bonchev–Trinajstić information content (AvgIpc) is 3.02. The molecule has 7 nitrogen and oxygen atoms in total. The van der Waals surface area contributed by atoms with Crippen molar-refractivity contribution in [3.63, 3.8) is 0 Å². The van der Waals surface area contributed by atoms with Gasteiger partial charge >= 0.3 is 0 Å². The molecular weight excluding hydrogens is 385 g/mol. The van der Waals surface area contributed by atoms with Crippen LogP contribution in [0, 0.1) is 5.82 Å². The smallest absolute Gasteiger partial charge is 0.186 e. The second-order valence-electron chi connectivity index (χ2n) is 7.27. The van der Waals surface area contributed by atoms with Gasteiger partial charge in [0.1, 0.15) is 17.0 Å². The molecule has 1 heterocycles. The van der Waals surface area contributed by atoms with Crippen molar-refractivity contribution < 1.29 is 22.3 Å². The van der Waals surface area contributed by atoms with Crippen LogP contribution in [-0.2, 0) is 9.84 Å². The standard InChI is InChI=1S/C19H22FN3O4S/c1-19(2,3)28(24,25)17-9-15-14(8-16(17)26-4)22-10-23(15)11-6-12(20)18(27-5)13(21)7-11/h6-10H,21H2,1-5H3. The first-order chi connectivity index (χ1) is 13.0. The Morgan fingerprint density at radius 3 is 2.32 bits per heavy atom. The quantitative estimate of drug-likeness (QED) is 0.667. The summed E-state index contributed by atoms with van der Waals surface area (Å²) in [5.41, 5.74) is 7.36. The fourth-order valence-corrected chi connectivity index (χ4v) is 4.21. The number of hydrogen-bond acceptors (Lipinski definition) is 6. The maximum absolute atomic E-state index is 14.3. The van der Waals surface area contributed by atoms with Gasteiger partial charge in [0.2, 0.25) is 0 Å². The summed E-state index contributed by atoms with van der Waals surface area (Å²) in [6.07, 6.45) is 1.47. The Balaban J connectivity index is 2.30. The molecule has 0 aliphatic rings. The molecule has 0 atom stereocenters. The summed E-state index contributed by atoms with van der Waals surface area (Å²) < 4.78 is 51.1. The Labute approximate surface area is 162 Å². The summed E-state index contributed by atoms with van der Waals surface area (Å²) in [7, 11) is -0.967. The first-order valence-corrected chi connectivity index (χ1v) is 9.92. The number of hydrogen-bond donors (Lipinski definition) is 1. The summed E-state index contributed by atoms with van der Waals surface area (Å²) in [4.78, 5) is 4.33. The molecule has 28 heavy (non-hydrogen) atoms. The van der Waals surface area contributed by atoms with Crippen molar-refractivity contribution in [1.29, 1.82) is 0 Å². The van der Waals surface area contributed by atoms with Crippen LogP contribution in [0.15, 0.2) is 35.5 Å². The highest BCUT2D eigenvalue weighted by Gasteiger charge is 2.34. The second kappa shape index (κ2) is 6.66. The second-order valence-corrected chi connectivity index (χ2v) is 9.94. The normalized spacial score (nSPS) is 12.4. The zero-order valence-corrected chi connectivity index (χ0v) is 17.1. The number of aromatic nitrogens is 2. The number of anilines is 1. The SMILES string of the molecule is COc1cc2ncn(-c3cc(N)c(OC)c(F)c3)c2cc1S(=O)(=O)C(C)(C)C. The van der Waals surface area contributed by atoms with E-state index in [-0.39, 0.29) is 22.1 Å². The highest BCUT2D eigenvalue weighted by molar-refractivity contribution is 7.92. The van der Waals surface area contributed by atoms with Crippen molar-refractivity contribution in [2.24, 2.45) is 0 Å². The van der Waals surface area contributed by atoms with Crippen LogP contribution in [0.3, 0.4) is 0 Å².